The molecule has 1 N–H and O–H groups in total. The zero-order valence-electron chi connectivity index (χ0n) is 13.5. The molecule has 0 amide bonds. The number of nitrogens with zero attached hydrogens (tertiary/aromatic N) is 5. The minimum atomic E-state index is -1.07. The number of imidazole rings is 1. The number of aromatic carboxylic acids is 1. The van der Waals surface area contributed by atoms with Crippen molar-refractivity contribution in [3.8, 4) is 0 Å². The van der Waals surface area contributed by atoms with Crippen LogP contribution in [0.4, 0.5) is 0 Å². The molecule has 0 radical (unpaired) electrons. The van der Waals surface area contributed by atoms with E-state index in [1.165, 1.54) is 34.8 Å². The fraction of sp³-hybridized carbons (Fsp3) is 0.412. The maximum Gasteiger partial charge on any atom is 0.358 e. The van der Waals surface area contributed by atoms with Gasteiger partial charge in [-0.25, -0.2) is 14.5 Å². The number of rotatable bonds is 6. The molecule has 1 aliphatic rings. The number of aryl methyl sites for hydroxylation is 1. The van der Waals surface area contributed by atoms with Gasteiger partial charge in [0, 0.05) is 12.4 Å². The van der Waals surface area contributed by atoms with Crippen molar-refractivity contribution in [1.82, 2.24) is 24.4 Å². The van der Waals surface area contributed by atoms with Crippen LogP contribution in [0, 0.1) is 0 Å². The summed E-state index contributed by atoms with van der Waals surface area (Å²) in [7, 11) is 0. The Bertz CT molecular complexity index is 907. The highest BCUT2D eigenvalue weighted by molar-refractivity contribution is 5.84. The van der Waals surface area contributed by atoms with Crippen LogP contribution in [0.2, 0.25) is 0 Å². The van der Waals surface area contributed by atoms with E-state index < -0.39 is 5.97 Å². The number of carboxylic acids is 1. The Morgan fingerprint density at radius 1 is 1.33 bits per heavy atom. The molecule has 7 heteroatoms. The topological polar surface area (TPSA) is 85.3 Å². The highest BCUT2D eigenvalue weighted by Gasteiger charge is 2.25. The molecule has 0 atom stereocenters. The molecule has 0 aliphatic heterocycles. The number of hydrogen-bond acceptors (Lipinski definition) is 4. The van der Waals surface area contributed by atoms with Crippen molar-refractivity contribution in [3.05, 3.63) is 47.2 Å². The van der Waals surface area contributed by atoms with Crippen LogP contribution < -0.4 is 0 Å². The van der Waals surface area contributed by atoms with E-state index in [2.05, 4.69) is 33.9 Å². The number of hydrogen-bond donors (Lipinski definition) is 1. The minimum Gasteiger partial charge on any atom is -0.476 e. The predicted octanol–water partition coefficient (Wildman–Crippen LogP) is 2.50. The molecule has 0 unspecified atom stereocenters. The summed E-state index contributed by atoms with van der Waals surface area (Å²) in [4.78, 5) is 15.6. The Balaban J connectivity index is 1.68. The third-order valence-corrected chi connectivity index (χ3v) is 4.35. The van der Waals surface area contributed by atoms with Gasteiger partial charge in [-0.3, -0.25) is 0 Å². The van der Waals surface area contributed by atoms with E-state index in [1.807, 2.05) is 6.20 Å². The van der Waals surface area contributed by atoms with Gasteiger partial charge in [0.1, 0.15) is 5.65 Å². The molecule has 4 rings (SSSR count). The Morgan fingerprint density at radius 3 is 2.83 bits per heavy atom. The fourth-order valence-corrected chi connectivity index (χ4v) is 3.05. The average Bonchev–Trinajstić information content (AvgIpc) is 3.15. The SMILES string of the molecule is CCCc1cc(C2CC2)cn2cc(Cn3cc(C(=O)O)nn3)nc12. The Kier molecular flexibility index (Phi) is 3.55. The number of carbonyl (C=O) groups is 1. The van der Waals surface area contributed by atoms with Crippen molar-refractivity contribution >= 4 is 11.6 Å². The highest BCUT2D eigenvalue weighted by Crippen LogP contribution is 2.40. The van der Waals surface area contributed by atoms with Crippen molar-refractivity contribution in [2.75, 3.05) is 0 Å². The molecular weight excluding hydrogens is 306 g/mol. The number of carboxylic acid groups (broad SMARTS) is 1. The first-order valence-electron chi connectivity index (χ1n) is 8.28. The molecular formula is C17H19N5O2. The summed E-state index contributed by atoms with van der Waals surface area (Å²) in [5, 5.41) is 16.4. The zero-order valence-corrected chi connectivity index (χ0v) is 13.5. The number of aromatic nitrogens is 5. The second kappa shape index (κ2) is 5.74. The highest BCUT2D eigenvalue weighted by atomic mass is 16.4. The predicted molar refractivity (Wildman–Crippen MR) is 87.2 cm³/mol. The van der Waals surface area contributed by atoms with Crippen LogP contribution in [0.5, 0.6) is 0 Å². The lowest BCUT2D eigenvalue weighted by molar-refractivity contribution is 0.0690. The first-order chi connectivity index (χ1) is 11.6. The lowest BCUT2D eigenvalue weighted by Gasteiger charge is -2.06. The summed E-state index contributed by atoms with van der Waals surface area (Å²) >= 11 is 0. The molecule has 1 fully saturated rings. The van der Waals surface area contributed by atoms with Gasteiger partial charge < -0.3 is 9.51 Å². The van der Waals surface area contributed by atoms with Gasteiger partial charge in [0.25, 0.3) is 0 Å². The minimum absolute atomic E-state index is 0.0542. The van der Waals surface area contributed by atoms with Crippen molar-refractivity contribution in [3.63, 3.8) is 0 Å². The van der Waals surface area contributed by atoms with E-state index in [0.29, 0.717) is 12.5 Å². The van der Waals surface area contributed by atoms with Gasteiger partial charge in [-0.15, -0.1) is 5.10 Å². The normalized spacial score (nSPS) is 14.4. The van der Waals surface area contributed by atoms with Crippen LogP contribution in [-0.2, 0) is 13.0 Å². The third-order valence-electron chi connectivity index (χ3n) is 4.35. The standard InChI is InChI=1S/C17H19N5O2/c1-2-3-12-6-13(11-4-5-11)7-21-8-14(18-16(12)21)9-22-10-15(17(23)24)19-20-22/h6-8,10-11H,2-5,9H2,1H3,(H,23,24). The van der Waals surface area contributed by atoms with Gasteiger partial charge in [-0.2, -0.15) is 0 Å². The van der Waals surface area contributed by atoms with E-state index in [9.17, 15) is 4.79 Å². The zero-order chi connectivity index (χ0) is 16.7. The first-order valence-corrected chi connectivity index (χ1v) is 8.28. The molecule has 1 saturated carbocycles. The van der Waals surface area contributed by atoms with Crippen LogP contribution in [0.1, 0.15) is 59.4 Å². The smallest absolute Gasteiger partial charge is 0.358 e. The Morgan fingerprint density at radius 2 is 2.17 bits per heavy atom. The molecule has 7 nitrogen and oxygen atoms in total. The monoisotopic (exact) mass is 325 g/mol. The molecule has 0 saturated heterocycles. The maximum absolute atomic E-state index is 10.9. The summed E-state index contributed by atoms with van der Waals surface area (Å²) in [5.74, 6) is -0.375. The van der Waals surface area contributed by atoms with Crippen LogP contribution in [-0.4, -0.2) is 35.5 Å². The molecule has 3 aromatic rings. The van der Waals surface area contributed by atoms with E-state index in [1.54, 1.807) is 0 Å². The molecule has 24 heavy (non-hydrogen) atoms. The second-order valence-corrected chi connectivity index (χ2v) is 6.39. The first kappa shape index (κ1) is 14.9. The second-order valence-electron chi connectivity index (χ2n) is 6.39. The third kappa shape index (κ3) is 2.77. The molecule has 3 aromatic heterocycles. The molecule has 124 valence electrons. The van der Waals surface area contributed by atoms with Crippen LogP contribution in [0.25, 0.3) is 5.65 Å². The van der Waals surface area contributed by atoms with E-state index >= 15 is 0 Å². The van der Waals surface area contributed by atoms with Crippen LogP contribution in [0.15, 0.2) is 24.7 Å². The van der Waals surface area contributed by atoms with Gasteiger partial charge in [-0.05, 0) is 36.3 Å². The number of pyridine rings is 1. The molecule has 1 aliphatic carbocycles. The van der Waals surface area contributed by atoms with Gasteiger partial charge in [0.15, 0.2) is 5.69 Å². The molecule has 0 spiro atoms. The number of fused-ring (bicyclic) bond motifs is 1. The lowest BCUT2D eigenvalue weighted by atomic mass is 10.1. The van der Waals surface area contributed by atoms with Crippen molar-refractivity contribution < 1.29 is 9.90 Å². The quantitative estimate of drug-likeness (QED) is 0.752. The van der Waals surface area contributed by atoms with E-state index in [0.717, 1.165) is 24.2 Å². The average molecular weight is 325 g/mol. The maximum atomic E-state index is 10.9. The molecule has 3 heterocycles. The van der Waals surface area contributed by atoms with Crippen LogP contribution in [0.3, 0.4) is 0 Å². The van der Waals surface area contributed by atoms with E-state index in [-0.39, 0.29) is 5.69 Å². The summed E-state index contributed by atoms with van der Waals surface area (Å²) in [6.07, 6.45) is 10.2. The molecule has 0 bridgehead atoms. The van der Waals surface area contributed by atoms with Gasteiger partial charge in [-0.1, -0.05) is 24.6 Å². The lowest BCUT2D eigenvalue weighted by Crippen LogP contribution is -2.00. The Hall–Kier alpha value is -2.70. The molecule has 0 aromatic carbocycles. The van der Waals surface area contributed by atoms with Crippen molar-refractivity contribution in [2.45, 2.75) is 45.1 Å². The Labute approximate surface area is 138 Å². The van der Waals surface area contributed by atoms with Crippen molar-refractivity contribution in [1.29, 1.82) is 0 Å². The van der Waals surface area contributed by atoms with Crippen molar-refractivity contribution in [2.24, 2.45) is 0 Å². The summed E-state index contributed by atoms with van der Waals surface area (Å²) < 4.78 is 3.61. The summed E-state index contributed by atoms with van der Waals surface area (Å²) in [6.45, 7) is 2.58. The van der Waals surface area contributed by atoms with Gasteiger partial charge >= 0.3 is 5.97 Å². The van der Waals surface area contributed by atoms with Gasteiger partial charge in [0.2, 0.25) is 0 Å². The fourth-order valence-electron chi connectivity index (χ4n) is 3.05. The van der Waals surface area contributed by atoms with E-state index in [4.69, 9.17) is 10.1 Å². The summed E-state index contributed by atoms with van der Waals surface area (Å²) in [5.41, 5.74) is 4.44. The largest absolute Gasteiger partial charge is 0.476 e. The summed E-state index contributed by atoms with van der Waals surface area (Å²) in [6, 6.07) is 2.30. The van der Waals surface area contributed by atoms with Crippen LogP contribution >= 0.6 is 0 Å². The van der Waals surface area contributed by atoms with Gasteiger partial charge in [0.05, 0.1) is 18.4 Å².